The summed E-state index contributed by atoms with van der Waals surface area (Å²) in [5.74, 6) is 0.502. The molecule has 1 aliphatic rings. The van der Waals surface area contributed by atoms with Crippen molar-refractivity contribution >= 4 is 23.1 Å². The minimum atomic E-state index is -0.485. The van der Waals surface area contributed by atoms with Crippen molar-refractivity contribution in [3.05, 3.63) is 27.4 Å². The molecule has 0 radical (unpaired) electrons. The molecule has 6 nitrogen and oxygen atoms in total. The van der Waals surface area contributed by atoms with Crippen LogP contribution in [0.5, 0.6) is 0 Å². The van der Waals surface area contributed by atoms with Gasteiger partial charge in [-0.2, -0.15) is 0 Å². The summed E-state index contributed by atoms with van der Waals surface area (Å²) in [6.07, 6.45) is 3.30. The molecule has 0 aromatic carbocycles. The summed E-state index contributed by atoms with van der Waals surface area (Å²) in [6, 6.07) is 2.74. The second kappa shape index (κ2) is 6.16. The number of aromatic nitrogens is 1. The minimum absolute atomic E-state index is 0.0826. The fourth-order valence-electron chi connectivity index (χ4n) is 2.39. The van der Waals surface area contributed by atoms with E-state index in [1.54, 1.807) is 0 Å². The molecule has 2 N–H and O–H groups in total. The maximum Gasteiger partial charge on any atom is 0.311 e. The van der Waals surface area contributed by atoms with Gasteiger partial charge in [0.25, 0.3) is 0 Å². The lowest BCUT2D eigenvalue weighted by Crippen LogP contribution is -2.25. The zero-order chi connectivity index (χ0) is 13.8. The monoisotopic (exact) mass is 285 g/mol. The lowest BCUT2D eigenvalue weighted by atomic mass is 9.87. The molecule has 104 valence electrons. The van der Waals surface area contributed by atoms with Crippen molar-refractivity contribution in [3.63, 3.8) is 0 Å². The number of halogens is 1. The maximum atomic E-state index is 10.9. The molecule has 0 bridgehead atoms. The number of nitrogens with zero attached hydrogens (tertiary/aromatic N) is 2. The van der Waals surface area contributed by atoms with Gasteiger partial charge in [0.2, 0.25) is 5.82 Å². The van der Waals surface area contributed by atoms with Gasteiger partial charge in [-0.3, -0.25) is 10.1 Å². The molecule has 1 aromatic heterocycles. The fourth-order valence-corrected chi connectivity index (χ4v) is 2.54. The Kier molecular flexibility index (Phi) is 4.55. The van der Waals surface area contributed by atoms with Crippen LogP contribution in [0.15, 0.2) is 12.1 Å². The van der Waals surface area contributed by atoms with Crippen LogP contribution in [0.4, 0.5) is 11.5 Å². The molecule has 2 rings (SSSR count). The standard InChI is InChI=1S/C12H16ClN3O3/c13-11-5-4-10(16(18)19)12(15-11)14-7-8-2-1-3-9(17)6-8/h4-5,8-9,17H,1-3,6-7H2,(H,14,15). The van der Waals surface area contributed by atoms with E-state index in [0.717, 1.165) is 25.7 Å². The fraction of sp³-hybridized carbons (Fsp3) is 0.583. The second-order valence-electron chi connectivity index (χ2n) is 4.83. The lowest BCUT2D eigenvalue weighted by molar-refractivity contribution is -0.384. The largest absolute Gasteiger partial charge is 0.393 e. The summed E-state index contributed by atoms with van der Waals surface area (Å²) < 4.78 is 0. The number of nitrogens with one attached hydrogen (secondary N) is 1. The number of aliphatic hydroxyl groups is 1. The Morgan fingerprint density at radius 1 is 1.53 bits per heavy atom. The summed E-state index contributed by atoms with van der Waals surface area (Å²) in [4.78, 5) is 14.3. The Balaban J connectivity index is 2.02. The molecule has 0 aliphatic heterocycles. The van der Waals surface area contributed by atoms with Gasteiger partial charge in [-0.1, -0.05) is 18.0 Å². The van der Waals surface area contributed by atoms with Crippen LogP contribution >= 0.6 is 11.6 Å². The molecule has 1 aliphatic carbocycles. The van der Waals surface area contributed by atoms with Crippen LogP contribution < -0.4 is 5.32 Å². The van der Waals surface area contributed by atoms with E-state index < -0.39 is 4.92 Å². The normalized spacial score (nSPS) is 23.1. The van der Waals surface area contributed by atoms with E-state index in [2.05, 4.69) is 10.3 Å². The van der Waals surface area contributed by atoms with Crippen LogP contribution in [-0.2, 0) is 0 Å². The van der Waals surface area contributed by atoms with E-state index in [1.807, 2.05) is 0 Å². The number of pyridine rings is 1. The van der Waals surface area contributed by atoms with E-state index in [-0.39, 0.29) is 22.8 Å². The van der Waals surface area contributed by atoms with Crippen molar-refractivity contribution in [1.82, 2.24) is 4.98 Å². The van der Waals surface area contributed by atoms with E-state index in [0.29, 0.717) is 12.5 Å². The molecule has 1 aromatic rings. The molecule has 2 unspecified atom stereocenters. The van der Waals surface area contributed by atoms with Gasteiger partial charge >= 0.3 is 5.69 Å². The Morgan fingerprint density at radius 3 is 3.00 bits per heavy atom. The first kappa shape index (κ1) is 14.0. The number of aliphatic hydroxyl groups excluding tert-OH is 1. The van der Waals surface area contributed by atoms with Gasteiger partial charge in [0.15, 0.2) is 0 Å². The number of anilines is 1. The number of rotatable bonds is 4. The predicted octanol–water partition coefficient (Wildman–Crippen LogP) is 2.61. The maximum absolute atomic E-state index is 10.9. The van der Waals surface area contributed by atoms with Gasteiger partial charge in [-0.25, -0.2) is 4.98 Å². The molecule has 1 fully saturated rings. The molecular weight excluding hydrogens is 270 g/mol. The van der Waals surface area contributed by atoms with Crippen LogP contribution in [0.1, 0.15) is 25.7 Å². The van der Waals surface area contributed by atoms with Gasteiger partial charge in [0.05, 0.1) is 11.0 Å². The second-order valence-corrected chi connectivity index (χ2v) is 5.21. The van der Waals surface area contributed by atoms with Crippen molar-refractivity contribution in [3.8, 4) is 0 Å². The topological polar surface area (TPSA) is 88.3 Å². The highest BCUT2D eigenvalue weighted by Crippen LogP contribution is 2.27. The molecule has 1 saturated carbocycles. The van der Waals surface area contributed by atoms with Gasteiger partial charge in [-0.15, -0.1) is 0 Å². The molecular formula is C12H16ClN3O3. The molecule has 19 heavy (non-hydrogen) atoms. The summed E-state index contributed by atoms with van der Waals surface area (Å²) in [5.41, 5.74) is -0.0826. The Hall–Kier alpha value is -1.40. The van der Waals surface area contributed by atoms with Crippen LogP contribution in [0.3, 0.4) is 0 Å². The highest BCUT2D eigenvalue weighted by atomic mass is 35.5. The SMILES string of the molecule is O=[N+]([O-])c1ccc(Cl)nc1NCC1CCCC(O)C1. The Bertz CT molecular complexity index is 470. The third kappa shape index (κ3) is 3.78. The van der Waals surface area contributed by atoms with Crippen LogP contribution in [0.2, 0.25) is 5.15 Å². The van der Waals surface area contributed by atoms with Crippen LogP contribution in [-0.4, -0.2) is 27.7 Å². The molecule has 0 spiro atoms. The van der Waals surface area contributed by atoms with Gasteiger partial charge in [0.1, 0.15) is 5.15 Å². The summed E-state index contributed by atoms with van der Waals surface area (Å²) in [5, 5.41) is 23.7. The highest BCUT2D eigenvalue weighted by Gasteiger charge is 2.22. The third-order valence-electron chi connectivity index (χ3n) is 3.35. The van der Waals surface area contributed by atoms with E-state index in [4.69, 9.17) is 11.6 Å². The number of nitro groups is 1. The van der Waals surface area contributed by atoms with Gasteiger partial charge in [-0.05, 0) is 31.2 Å². The first-order valence-corrected chi connectivity index (χ1v) is 6.67. The van der Waals surface area contributed by atoms with E-state index >= 15 is 0 Å². The lowest BCUT2D eigenvalue weighted by Gasteiger charge is -2.25. The van der Waals surface area contributed by atoms with Crippen molar-refractivity contribution in [1.29, 1.82) is 0 Å². The molecule has 7 heteroatoms. The average molecular weight is 286 g/mol. The summed E-state index contributed by atoms with van der Waals surface area (Å²) in [6.45, 7) is 0.561. The number of hydrogen-bond acceptors (Lipinski definition) is 5. The third-order valence-corrected chi connectivity index (χ3v) is 3.56. The van der Waals surface area contributed by atoms with Gasteiger partial charge < -0.3 is 10.4 Å². The summed E-state index contributed by atoms with van der Waals surface area (Å²) in [7, 11) is 0. The zero-order valence-electron chi connectivity index (χ0n) is 10.4. The van der Waals surface area contributed by atoms with E-state index in [9.17, 15) is 15.2 Å². The van der Waals surface area contributed by atoms with Crippen molar-refractivity contribution in [2.24, 2.45) is 5.92 Å². The minimum Gasteiger partial charge on any atom is -0.393 e. The van der Waals surface area contributed by atoms with Crippen molar-refractivity contribution in [2.45, 2.75) is 31.8 Å². The smallest absolute Gasteiger partial charge is 0.311 e. The van der Waals surface area contributed by atoms with Crippen molar-refractivity contribution < 1.29 is 10.0 Å². The van der Waals surface area contributed by atoms with E-state index in [1.165, 1.54) is 12.1 Å². The molecule has 0 saturated heterocycles. The Morgan fingerprint density at radius 2 is 2.32 bits per heavy atom. The number of hydrogen-bond donors (Lipinski definition) is 2. The Labute approximate surface area is 116 Å². The zero-order valence-corrected chi connectivity index (χ0v) is 11.1. The van der Waals surface area contributed by atoms with Crippen molar-refractivity contribution in [2.75, 3.05) is 11.9 Å². The quantitative estimate of drug-likeness (QED) is 0.504. The summed E-state index contributed by atoms with van der Waals surface area (Å²) >= 11 is 5.75. The highest BCUT2D eigenvalue weighted by molar-refractivity contribution is 6.29. The first-order valence-electron chi connectivity index (χ1n) is 6.29. The average Bonchev–Trinajstić information content (AvgIpc) is 2.36. The molecule has 1 heterocycles. The van der Waals surface area contributed by atoms with Crippen LogP contribution in [0, 0.1) is 16.0 Å². The van der Waals surface area contributed by atoms with Gasteiger partial charge in [0, 0.05) is 12.6 Å². The molecule has 2 atom stereocenters. The first-order chi connectivity index (χ1) is 9.06. The predicted molar refractivity (Wildman–Crippen MR) is 72.4 cm³/mol. The van der Waals surface area contributed by atoms with Crippen LogP contribution in [0.25, 0.3) is 0 Å². The molecule has 0 amide bonds.